The molecule has 0 unspecified atom stereocenters. The van der Waals surface area contributed by atoms with Crippen molar-refractivity contribution in [3.05, 3.63) is 58.0 Å². The summed E-state index contributed by atoms with van der Waals surface area (Å²) in [5, 5.41) is 6.80. The van der Waals surface area contributed by atoms with Crippen LogP contribution in [-0.4, -0.2) is 116 Å². The smallest absolute Gasteiger partial charge is 0.411 e. The molecule has 16 nitrogen and oxygen atoms in total. The first kappa shape index (κ1) is 43.8. The maximum atomic E-state index is 14.6. The van der Waals surface area contributed by atoms with E-state index >= 15 is 0 Å². The SMILES string of the molecule is CN[C@H]1C[C@@H](C)O[C@@H](O[C@@H]2[C@@H](C)C(=O)[C@@H](C)C(=O)O[C@@H]3C(C)=C[C@@]34OC(=O)N(CCCCN=[N+]=[N-])[C@@H]4[C@@H](C)C(=O)[C@H](C)C[C@]2(C)OC)[C@@H]1OC(=O)c1ccccc1. The molecule has 1 amide bonds. The van der Waals surface area contributed by atoms with E-state index in [1.165, 1.54) is 18.9 Å². The highest BCUT2D eigenvalue weighted by Crippen LogP contribution is 2.49. The van der Waals surface area contributed by atoms with Gasteiger partial charge in [0, 0.05) is 42.9 Å². The molecule has 0 radical (unpaired) electrons. The number of nitrogens with zero attached hydrogens (tertiary/aromatic N) is 4. The average molecular weight is 796 g/mol. The number of methoxy groups -OCH3 is 1. The highest BCUT2D eigenvalue weighted by molar-refractivity contribution is 6.00. The Morgan fingerprint density at radius 3 is 2.39 bits per heavy atom. The highest BCUT2D eigenvalue weighted by Gasteiger charge is 2.66. The molecule has 312 valence electrons. The molecule has 1 aliphatic carbocycles. The van der Waals surface area contributed by atoms with Crippen molar-refractivity contribution < 1.29 is 52.4 Å². The summed E-state index contributed by atoms with van der Waals surface area (Å²) in [5.41, 5.74) is 6.85. The summed E-state index contributed by atoms with van der Waals surface area (Å²) in [6.07, 6.45) is -2.08. The van der Waals surface area contributed by atoms with Crippen LogP contribution in [0.3, 0.4) is 0 Å². The van der Waals surface area contributed by atoms with Gasteiger partial charge in [0.05, 0.1) is 35.5 Å². The Morgan fingerprint density at radius 1 is 1.05 bits per heavy atom. The molecule has 1 aromatic carbocycles. The van der Waals surface area contributed by atoms with Crippen molar-refractivity contribution in [1.29, 1.82) is 0 Å². The van der Waals surface area contributed by atoms with Crippen LogP contribution >= 0.6 is 0 Å². The molecule has 3 heterocycles. The fraction of sp³-hybridized carbons (Fsp3) is 0.683. The third-order valence-corrected chi connectivity index (χ3v) is 12.2. The third kappa shape index (κ3) is 8.75. The summed E-state index contributed by atoms with van der Waals surface area (Å²) < 4.78 is 37.5. The molecule has 16 heteroatoms. The lowest BCUT2D eigenvalue weighted by atomic mass is 9.67. The van der Waals surface area contributed by atoms with Crippen LogP contribution < -0.4 is 5.32 Å². The van der Waals surface area contributed by atoms with Crippen LogP contribution in [0, 0.1) is 23.7 Å². The molecule has 57 heavy (non-hydrogen) atoms. The number of hydrogen-bond donors (Lipinski definition) is 1. The lowest BCUT2D eigenvalue weighted by Gasteiger charge is -2.48. The molecule has 3 aliphatic heterocycles. The van der Waals surface area contributed by atoms with Gasteiger partial charge in [-0.15, -0.1) is 0 Å². The van der Waals surface area contributed by atoms with Gasteiger partial charge in [-0.25, -0.2) is 9.59 Å². The Morgan fingerprint density at radius 2 is 1.75 bits per heavy atom. The molecule has 1 N–H and O–H groups in total. The minimum atomic E-state index is -1.46. The second-order valence-corrected chi connectivity index (χ2v) is 16.2. The minimum Gasteiger partial charge on any atom is -0.453 e. The molecule has 0 saturated carbocycles. The maximum absolute atomic E-state index is 14.6. The molecule has 3 saturated heterocycles. The lowest BCUT2D eigenvalue weighted by molar-refractivity contribution is -0.289. The molecule has 13 atom stereocenters. The van der Waals surface area contributed by atoms with E-state index in [9.17, 15) is 24.0 Å². The zero-order valence-corrected chi connectivity index (χ0v) is 34.3. The van der Waals surface area contributed by atoms with E-state index < -0.39 is 95.4 Å². The fourth-order valence-electron chi connectivity index (χ4n) is 9.08. The standard InChI is InChI=1S/C41H57N5O11/c1-22-20-40(7,52-9)35(56-38-32(29(43-8)19-24(3)53-38)54-37(50)28-15-11-10-12-16-28)26(5)31(48)27(6)36(49)55-34-23(2)21-41(34)33(25(4)30(22)47)46(39(51)57-41)18-14-13-17-44-45-42/h10-12,15-16,21-22,24-27,29,32-35,38,43H,13-14,17-20H2,1-9H3/t22-,24-,25+,26+,27-,29+,32-,33-,34-,35-,38+,40+,41+/m1/s1. The summed E-state index contributed by atoms with van der Waals surface area (Å²) in [5.74, 6) is -5.96. The van der Waals surface area contributed by atoms with E-state index in [1.807, 2.05) is 6.92 Å². The van der Waals surface area contributed by atoms with Gasteiger partial charge < -0.3 is 33.7 Å². The number of nitrogens with one attached hydrogen (secondary N) is 1. The van der Waals surface area contributed by atoms with Crippen LogP contribution in [0.5, 0.6) is 0 Å². The Balaban J connectivity index is 1.53. The molecule has 1 aromatic rings. The normalized spacial score (nSPS) is 37.3. The van der Waals surface area contributed by atoms with Gasteiger partial charge in [-0.1, -0.05) is 44.1 Å². The molecular weight excluding hydrogens is 738 g/mol. The Hall–Kier alpha value is -4.34. The van der Waals surface area contributed by atoms with Crippen molar-refractivity contribution >= 4 is 29.6 Å². The largest absolute Gasteiger partial charge is 0.453 e. The number of hydrogen-bond acceptors (Lipinski definition) is 13. The van der Waals surface area contributed by atoms with Crippen molar-refractivity contribution in [3.8, 4) is 0 Å². The minimum absolute atomic E-state index is 0.0684. The predicted molar refractivity (Wildman–Crippen MR) is 206 cm³/mol. The first-order chi connectivity index (χ1) is 27.0. The number of ketones is 2. The van der Waals surface area contributed by atoms with Gasteiger partial charge in [-0.2, -0.15) is 0 Å². The lowest BCUT2D eigenvalue weighted by Crippen LogP contribution is -2.63. The van der Waals surface area contributed by atoms with Gasteiger partial charge in [0.1, 0.15) is 11.7 Å². The Bertz CT molecular complexity index is 1750. The summed E-state index contributed by atoms with van der Waals surface area (Å²) in [4.78, 5) is 74.3. The zero-order valence-electron chi connectivity index (χ0n) is 34.3. The second kappa shape index (κ2) is 18.1. The van der Waals surface area contributed by atoms with Gasteiger partial charge in [0.2, 0.25) is 0 Å². The van der Waals surface area contributed by atoms with E-state index in [0.29, 0.717) is 30.4 Å². The summed E-state index contributed by atoms with van der Waals surface area (Å²) in [6.45, 7) is 12.4. The quantitative estimate of drug-likeness (QED) is 0.0441. The average Bonchev–Trinajstić information content (AvgIpc) is 3.49. The van der Waals surface area contributed by atoms with Crippen molar-refractivity contribution in [2.45, 2.75) is 128 Å². The number of esters is 2. The molecule has 0 bridgehead atoms. The van der Waals surface area contributed by atoms with E-state index in [0.717, 1.165) is 0 Å². The maximum Gasteiger partial charge on any atom is 0.411 e. The first-order valence-corrected chi connectivity index (χ1v) is 19.8. The fourth-order valence-corrected chi connectivity index (χ4v) is 9.08. The molecule has 5 rings (SSSR count). The number of unbranched alkanes of at least 4 members (excludes halogenated alkanes) is 1. The van der Waals surface area contributed by atoms with E-state index in [-0.39, 0.29) is 31.4 Å². The van der Waals surface area contributed by atoms with Crippen LogP contribution in [0.15, 0.2) is 47.1 Å². The number of azide groups is 1. The van der Waals surface area contributed by atoms with Crippen molar-refractivity contribution in [2.24, 2.45) is 28.8 Å². The third-order valence-electron chi connectivity index (χ3n) is 12.2. The van der Waals surface area contributed by atoms with Crippen molar-refractivity contribution in [1.82, 2.24) is 10.2 Å². The Kier molecular flexibility index (Phi) is 13.9. The Labute approximate surface area is 333 Å². The van der Waals surface area contributed by atoms with E-state index in [4.69, 9.17) is 34.0 Å². The van der Waals surface area contributed by atoms with Crippen molar-refractivity contribution in [3.63, 3.8) is 0 Å². The number of likely N-dealkylation sites (N-methyl/N-ethyl adjacent to an activating group) is 1. The van der Waals surface area contributed by atoms with Crippen LogP contribution in [0.2, 0.25) is 0 Å². The zero-order chi connectivity index (χ0) is 41.8. The molecule has 4 aliphatic rings. The number of Topliss-reactive ketones (excluding diaryl/α,β-unsaturated/α-hetero) is 2. The van der Waals surface area contributed by atoms with Gasteiger partial charge in [0.15, 0.2) is 29.9 Å². The van der Waals surface area contributed by atoms with Gasteiger partial charge in [-0.3, -0.25) is 19.3 Å². The van der Waals surface area contributed by atoms with Crippen molar-refractivity contribution in [2.75, 3.05) is 27.2 Å². The summed E-state index contributed by atoms with van der Waals surface area (Å²) >= 11 is 0. The number of amides is 1. The molecule has 1 spiro atoms. The highest BCUT2D eigenvalue weighted by atomic mass is 16.7. The molecular formula is C41H57N5O11. The number of rotatable bonds is 11. The second-order valence-electron chi connectivity index (χ2n) is 16.2. The van der Waals surface area contributed by atoms with E-state index in [1.54, 1.807) is 78.1 Å². The monoisotopic (exact) mass is 795 g/mol. The van der Waals surface area contributed by atoms with Gasteiger partial charge in [-0.05, 0) is 89.7 Å². The topological polar surface area (TPSA) is 205 Å². The van der Waals surface area contributed by atoms with E-state index in [2.05, 4.69) is 15.3 Å². The number of ether oxygens (including phenoxy) is 6. The summed E-state index contributed by atoms with van der Waals surface area (Å²) in [6, 6.07) is 7.29. The van der Waals surface area contributed by atoms with Crippen LogP contribution in [-0.2, 0) is 42.8 Å². The van der Waals surface area contributed by atoms with Crippen LogP contribution in [0.4, 0.5) is 4.79 Å². The number of carbonyl (C=O) groups is 5. The van der Waals surface area contributed by atoms with Gasteiger partial charge >= 0.3 is 18.0 Å². The molecule has 3 fully saturated rings. The van der Waals surface area contributed by atoms with Crippen LogP contribution in [0.1, 0.15) is 84.5 Å². The summed E-state index contributed by atoms with van der Waals surface area (Å²) in [7, 11) is 3.21. The van der Waals surface area contributed by atoms with Gasteiger partial charge in [0.25, 0.3) is 0 Å². The molecule has 0 aromatic heterocycles. The number of carbonyl (C=O) groups excluding carboxylic acids is 5. The van der Waals surface area contributed by atoms with Crippen LogP contribution in [0.25, 0.3) is 10.4 Å². The number of benzene rings is 1. The predicted octanol–water partition coefficient (Wildman–Crippen LogP) is 5.33. The first-order valence-electron chi connectivity index (χ1n) is 19.8.